The first-order valence-electron chi connectivity index (χ1n) is 8.69. The molecule has 4 heteroatoms. The third-order valence-electron chi connectivity index (χ3n) is 4.03. The van der Waals surface area contributed by atoms with Crippen LogP contribution in [-0.2, 0) is 11.3 Å². The van der Waals surface area contributed by atoms with E-state index in [-0.39, 0.29) is 5.97 Å². The second-order valence-corrected chi connectivity index (χ2v) is 5.93. The fraction of sp³-hybridized carbons (Fsp3) is 0.286. The van der Waals surface area contributed by atoms with Crippen molar-refractivity contribution in [3.8, 4) is 5.75 Å². The SMILES string of the molecule is CCCOC(=O)c1ccc(Cn2ccc3cc(OCC)ccc32)cc1. The summed E-state index contributed by atoms with van der Waals surface area (Å²) >= 11 is 0. The van der Waals surface area contributed by atoms with Crippen molar-refractivity contribution in [1.29, 1.82) is 0 Å². The first-order valence-corrected chi connectivity index (χ1v) is 8.69. The molecule has 2 aromatic carbocycles. The summed E-state index contributed by atoms with van der Waals surface area (Å²) in [5.74, 6) is 0.631. The van der Waals surface area contributed by atoms with Gasteiger partial charge in [-0.3, -0.25) is 0 Å². The molecule has 3 rings (SSSR count). The Labute approximate surface area is 148 Å². The van der Waals surface area contributed by atoms with Gasteiger partial charge < -0.3 is 14.0 Å². The van der Waals surface area contributed by atoms with Crippen LogP contribution in [0.3, 0.4) is 0 Å². The molecule has 0 aliphatic carbocycles. The summed E-state index contributed by atoms with van der Waals surface area (Å²) in [4.78, 5) is 11.9. The van der Waals surface area contributed by atoms with E-state index < -0.39 is 0 Å². The van der Waals surface area contributed by atoms with Gasteiger partial charge in [-0.05, 0) is 55.3 Å². The molecule has 1 aromatic heterocycles. The molecule has 0 atom stereocenters. The molecule has 0 aliphatic rings. The number of ether oxygens (including phenoxy) is 2. The highest BCUT2D eigenvalue weighted by molar-refractivity contribution is 5.89. The lowest BCUT2D eigenvalue weighted by Crippen LogP contribution is -2.06. The van der Waals surface area contributed by atoms with Crippen molar-refractivity contribution < 1.29 is 14.3 Å². The second-order valence-electron chi connectivity index (χ2n) is 5.93. The highest BCUT2D eigenvalue weighted by atomic mass is 16.5. The van der Waals surface area contributed by atoms with E-state index in [9.17, 15) is 4.79 Å². The van der Waals surface area contributed by atoms with Crippen molar-refractivity contribution in [2.24, 2.45) is 0 Å². The Morgan fingerprint density at radius 3 is 2.56 bits per heavy atom. The molecule has 0 saturated heterocycles. The molecular weight excluding hydrogens is 314 g/mol. The molecular formula is C21H23NO3. The molecule has 0 amide bonds. The Bertz CT molecular complexity index is 849. The van der Waals surface area contributed by atoms with E-state index in [1.54, 1.807) is 0 Å². The molecule has 3 aromatic rings. The van der Waals surface area contributed by atoms with Crippen LogP contribution >= 0.6 is 0 Å². The average Bonchev–Trinajstić information content (AvgIpc) is 3.03. The van der Waals surface area contributed by atoms with Gasteiger partial charge in [0.05, 0.1) is 18.8 Å². The normalized spacial score (nSPS) is 10.8. The predicted molar refractivity (Wildman–Crippen MR) is 99.2 cm³/mol. The van der Waals surface area contributed by atoms with E-state index in [1.165, 1.54) is 0 Å². The van der Waals surface area contributed by atoms with E-state index in [0.29, 0.717) is 18.8 Å². The van der Waals surface area contributed by atoms with Gasteiger partial charge in [0.25, 0.3) is 0 Å². The Morgan fingerprint density at radius 1 is 1.04 bits per heavy atom. The summed E-state index contributed by atoms with van der Waals surface area (Å²) in [5, 5.41) is 1.16. The molecule has 25 heavy (non-hydrogen) atoms. The second kappa shape index (κ2) is 7.88. The van der Waals surface area contributed by atoms with Crippen molar-refractivity contribution in [2.45, 2.75) is 26.8 Å². The van der Waals surface area contributed by atoms with Crippen LogP contribution in [0.25, 0.3) is 10.9 Å². The topological polar surface area (TPSA) is 40.5 Å². The third kappa shape index (κ3) is 4.02. The number of carbonyl (C=O) groups excluding carboxylic acids is 1. The lowest BCUT2D eigenvalue weighted by molar-refractivity contribution is 0.0505. The molecule has 0 unspecified atom stereocenters. The molecule has 0 radical (unpaired) electrons. The number of esters is 1. The first-order chi connectivity index (χ1) is 12.2. The predicted octanol–water partition coefficient (Wildman–Crippen LogP) is 4.66. The first kappa shape index (κ1) is 17.1. The van der Waals surface area contributed by atoms with Crippen LogP contribution < -0.4 is 4.74 Å². The number of rotatable bonds is 7. The summed E-state index contributed by atoms with van der Waals surface area (Å²) in [5.41, 5.74) is 2.89. The lowest BCUT2D eigenvalue weighted by atomic mass is 10.1. The van der Waals surface area contributed by atoms with Gasteiger partial charge in [0.1, 0.15) is 5.75 Å². The van der Waals surface area contributed by atoms with Gasteiger partial charge >= 0.3 is 5.97 Å². The summed E-state index contributed by atoms with van der Waals surface area (Å²) in [6, 6.07) is 15.8. The number of hydrogen-bond donors (Lipinski definition) is 0. The van der Waals surface area contributed by atoms with E-state index in [4.69, 9.17) is 9.47 Å². The van der Waals surface area contributed by atoms with Crippen LogP contribution in [0, 0.1) is 0 Å². The monoisotopic (exact) mass is 337 g/mol. The van der Waals surface area contributed by atoms with Gasteiger partial charge in [-0.25, -0.2) is 4.79 Å². The highest BCUT2D eigenvalue weighted by Crippen LogP contribution is 2.23. The van der Waals surface area contributed by atoms with Crippen molar-refractivity contribution in [1.82, 2.24) is 4.57 Å². The zero-order chi connectivity index (χ0) is 17.6. The van der Waals surface area contributed by atoms with E-state index in [2.05, 4.69) is 29.0 Å². The Kier molecular flexibility index (Phi) is 5.39. The van der Waals surface area contributed by atoms with Gasteiger partial charge in [-0.1, -0.05) is 19.1 Å². The van der Waals surface area contributed by atoms with Gasteiger partial charge in [0.2, 0.25) is 0 Å². The molecule has 0 saturated carbocycles. The number of benzene rings is 2. The van der Waals surface area contributed by atoms with E-state index >= 15 is 0 Å². The molecule has 130 valence electrons. The molecule has 4 nitrogen and oxygen atoms in total. The third-order valence-corrected chi connectivity index (χ3v) is 4.03. The minimum absolute atomic E-state index is 0.261. The molecule has 0 spiro atoms. The Hall–Kier alpha value is -2.75. The van der Waals surface area contributed by atoms with Crippen molar-refractivity contribution in [3.05, 3.63) is 65.9 Å². The van der Waals surface area contributed by atoms with Gasteiger partial charge in [-0.2, -0.15) is 0 Å². The molecule has 0 aliphatic heterocycles. The number of fused-ring (bicyclic) bond motifs is 1. The minimum atomic E-state index is -0.261. The summed E-state index contributed by atoms with van der Waals surface area (Å²) < 4.78 is 12.9. The summed E-state index contributed by atoms with van der Waals surface area (Å²) in [7, 11) is 0. The lowest BCUT2D eigenvalue weighted by Gasteiger charge is -2.08. The Morgan fingerprint density at radius 2 is 1.84 bits per heavy atom. The van der Waals surface area contributed by atoms with Crippen LogP contribution in [0.15, 0.2) is 54.7 Å². The number of hydrogen-bond acceptors (Lipinski definition) is 3. The van der Waals surface area contributed by atoms with Gasteiger partial charge in [0, 0.05) is 23.6 Å². The van der Waals surface area contributed by atoms with Crippen LogP contribution in [0.5, 0.6) is 5.75 Å². The number of aromatic nitrogens is 1. The standard InChI is InChI=1S/C21H23NO3/c1-3-13-25-21(23)17-7-5-16(6-8-17)15-22-12-11-18-14-19(24-4-2)9-10-20(18)22/h5-12,14H,3-4,13,15H2,1-2H3. The molecule has 0 N–H and O–H groups in total. The highest BCUT2D eigenvalue weighted by Gasteiger charge is 2.07. The maximum absolute atomic E-state index is 11.9. The zero-order valence-electron chi connectivity index (χ0n) is 14.7. The van der Waals surface area contributed by atoms with Crippen molar-refractivity contribution in [2.75, 3.05) is 13.2 Å². The van der Waals surface area contributed by atoms with Crippen LogP contribution in [-0.4, -0.2) is 23.8 Å². The molecule has 0 fully saturated rings. The van der Waals surface area contributed by atoms with Crippen molar-refractivity contribution >= 4 is 16.9 Å². The largest absolute Gasteiger partial charge is 0.494 e. The number of carbonyl (C=O) groups is 1. The van der Waals surface area contributed by atoms with Gasteiger partial charge in [0.15, 0.2) is 0 Å². The smallest absolute Gasteiger partial charge is 0.338 e. The summed E-state index contributed by atoms with van der Waals surface area (Å²) in [6.07, 6.45) is 2.90. The van der Waals surface area contributed by atoms with Crippen LogP contribution in [0.2, 0.25) is 0 Å². The maximum Gasteiger partial charge on any atom is 0.338 e. The summed E-state index contributed by atoms with van der Waals surface area (Å²) in [6.45, 7) is 5.84. The minimum Gasteiger partial charge on any atom is -0.494 e. The zero-order valence-corrected chi connectivity index (χ0v) is 14.7. The van der Waals surface area contributed by atoms with E-state index in [1.807, 2.05) is 44.2 Å². The Balaban J connectivity index is 1.74. The molecule has 1 heterocycles. The van der Waals surface area contributed by atoms with Crippen molar-refractivity contribution in [3.63, 3.8) is 0 Å². The molecule has 0 bridgehead atoms. The van der Waals surface area contributed by atoms with Gasteiger partial charge in [-0.15, -0.1) is 0 Å². The fourth-order valence-electron chi connectivity index (χ4n) is 2.79. The quantitative estimate of drug-likeness (QED) is 0.589. The maximum atomic E-state index is 11.9. The number of nitrogens with zero attached hydrogens (tertiary/aromatic N) is 1. The van der Waals surface area contributed by atoms with E-state index in [0.717, 1.165) is 35.2 Å². The average molecular weight is 337 g/mol. The fourth-order valence-corrected chi connectivity index (χ4v) is 2.79. The van der Waals surface area contributed by atoms with Crippen LogP contribution in [0.1, 0.15) is 36.2 Å². The van der Waals surface area contributed by atoms with Crippen LogP contribution in [0.4, 0.5) is 0 Å².